The van der Waals surface area contributed by atoms with Crippen LogP contribution in [-0.4, -0.2) is 54.4 Å². The van der Waals surface area contributed by atoms with Crippen molar-refractivity contribution in [1.29, 1.82) is 0 Å². The molecule has 1 aliphatic rings. The molecule has 0 radical (unpaired) electrons. The molecule has 0 saturated heterocycles. The van der Waals surface area contributed by atoms with Crippen molar-refractivity contribution in [3.8, 4) is 11.5 Å². The molecular weight excluding hydrogens is 593 g/mol. The molecule has 5 rings (SSSR count). The van der Waals surface area contributed by atoms with Crippen LogP contribution in [0.2, 0.25) is 0 Å². The van der Waals surface area contributed by atoms with E-state index >= 15 is 0 Å². The predicted molar refractivity (Wildman–Crippen MR) is 171 cm³/mol. The third kappa shape index (κ3) is 6.97. The molecule has 0 saturated carbocycles. The lowest BCUT2D eigenvalue weighted by molar-refractivity contribution is -0.136. The number of aliphatic hydroxyl groups is 1. The number of benzene rings is 3. The average Bonchev–Trinajstić information content (AvgIpc) is 3.30. The quantitative estimate of drug-likeness (QED) is 0.0775. The molecule has 0 aliphatic carbocycles. The first-order valence-corrected chi connectivity index (χ1v) is 14.7. The molecule has 0 unspecified atom stereocenters. The Morgan fingerprint density at radius 1 is 1.11 bits per heavy atom. The van der Waals surface area contributed by atoms with E-state index in [9.17, 15) is 19.1 Å². The van der Waals surface area contributed by atoms with Gasteiger partial charge in [0.25, 0.3) is 0 Å². The van der Waals surface area contributed by atoms with Gasteiger partial charge in [-0.05, 0) is 62.2 Å². The van der Waals surface area contributed by atoms with Crippen molar-refractivity contribution >= 4 is 29.1 Å². The van der Waals surface area contributed by atoms with Crippen LogP contribution in [0.4, 0.5) is 9.18 Å². The van der Waals surface area contributed by atoms with Gasteiger partial charge in [0.05, 0.1) is 31.5 Å². The van der Waals surface area contributed by atoms with Crippen molar-refractivity contribution in [1.82, 2.24) is 20.6 Å². The molecule has 11 nitrogen and oxygen atoms in total. The van der Waals surface area contributed by atoms with Gasteiger partial charge < -0.3 is 34.5 Å². The van der Waals surface area contributed by atoms with E-state index in [-0.39, 0.29) is 18.0 Å². The van der Waals surface area contributed by atoms with Crippen LogP contribution in [0.25, 0.3) is 10.9 Å². The Hall–Kier alpha value is -5.36. The maximum absolute atomic E-state index is 13.4. The van der Waals surface area contributed by atoms with E-state index < -0.39 is 24.3 Å². The Morgan fingerprint density at radius 3 is 2.61 bits per heavy atom. The molecule has 2 heterocycles. The number of para-hydroxylation sites is 1. The number of rotatable bonds is 12. The summed E-state index contributed by atoms with van der Waals surface area (Å²) in [4.78, 5) is 24.7. The highest BCUT2D eigenvalue weighted by atomic mass is 19.1. The van der Waals surface area contributed by atoms with Gasteiger partial charge in [0, 0.05) is 34.4 Å². The zero-order valence-electron chi connectivity index (χ0n) is 26.0. The monoisotopic (exact) mass is 629 g/mol. The molecule has 1 aromatic heterocycles. The Bertz CT molecular complexity index is 1800. The number of hydrazone groups is 1. The van der Waals surface area contributed by atoms with Gasteiger partial charge in [-0.2, -0.15) is 5.10 Å². The van der Waals surface area contributed by atoms with Crippen LogP contribution in [-0.2, 0) is 16.1 Å². The summed E-state index contributed by atoms with van der Waals surface area (Å²) in [6.07, 6.45) is 0.503. The number of methoxy groups -OCH3 is 1. The zero-order valence-corrected chi connectivity index (χ0v) is 26.0. The van der Waals surface area contributed by atoms with Gasteiger partial charge >= 0.3 is 12.0 Å². The Kier molecular flexibility index (Phi) is 9.87. The molecular formula is C34H36FN5O6. The normalized spacial score (nSPS) is 15.4. The van der Waals surface area contributed by atoms with Crippen LogP contribution in [0, 0.1) is 12.7 Å². The van der Waals surface area contributed by atoms with Gasteiger partial charge in [-0.25, -0.2) is 14.0 Å². The lowest BCUT2D eigenvalue weighted by Gasteiger charge is -2.28. The SMILES string of the molecule is CCOc1cc([C@@H]2NC(=O)NC(C)=C2C(=O)OC)ccc1OC[C@@H](O)N/N=C/c1c(C)n(Cc2ccc(F)cc2)c2ccccc12. The number of nitrogens with one attached hydrogen (secondary N) is 3. The number of ether oxygens (including phenoxy) is 3. The number of carbonyl (C=O) groups excluding carboxylic acids is 2. The van der Waals surface area contributed by atoms with Gasteiger partial charge in [0.1, 0.15) is 12.4 Å². The highest BCUT2D eigenvalue weighted by Crippen LogP contribution is 2.35. The van der Waals surface area contributed by atoms with E-state index in [0.29, 0.717) is 35.9 Å². The average molecular weight is 630 g/mol. The molecule has 4 N–H and O–H groups in total. The second-order valence-electron chi connectivity index (χ2n) is 10.6. The minimum Gasteiger partial charge on any atom is -0.490 e. The van der Waals surface area contributed by atoms with E-state index in [0.717, 1.165) is 27.7 Å². The first-order chi connectivity index (χ1) is 22.2. The molecule has 240 valence electrons. The van der Waals surface area contributed by atoms with Crippen LogP contribution in [0.3, 0.4) is 0 Å². The van der Waals surface area contributed by atoms with Crippen molar-refractivity contribution in [3.05, 3.63) is 106 Å². The molecule has 0 bridgehead atoms. The fraction of sp³-hybridized carbons (Fsp3) is 0.265. The number of hydrogen-bond donors (Lipinski definition) is 4. The van der Waals surface area contributed by atoms with Gasteiger partial charge in [-0.15, -0.1) is 0 Å². The topological polar surface area (TPSA) is 135 Å². The lowest BCUT2D eigenvalue weighted by atomic mass is 9.95. The summed E-state index contributed by atoms with van der Waals surface area (Å²) in [6, 6.07) is 18.2. The standard InChI is InChI=1S/C34H36FN5O6/c1-5-45-29-16-23(32-31(33(42)44-4)20(2)37-34(43)38-32)12-15-28(29)46-19-30(41)39-36-17-26-21(3)40(27-9-7-6-8-25(26)27)18-22-10-13-24(35)14-11-22/h6-17,30,32,39,41H,5,18-19H2,1-4H3,(H2,37,38,43)/b36-17+/t30-,32+/m1/s1. The second kappa shape index (κ2) is 14.2. The highest BCUT2D eigenvalue weighted by molar-refractivity contribution is 6.01. The fourth-order valence-electron chi connectivity index (χ4n) is 5.41. The summed E-state index contributed by atoms with van der Waals surface area (Å²) in [5.41, 5.74) is 7.77. The second-order valence-corrected chi connectivity index (χ2v) is 10.6. The molecule has 3 aromatic carbocycles. The Labute approximate surface area is 265 Å². The summed E-state index contributed by atoms with van der Waals surface area (Å²) >= 11 is 0. The predicted octanol–water partition coefficient (Wildman–Crippen LogP) is 4.66. The molecule has 12 heteroatoms. The molecule has 0 fully saturated rings. The summed E-state index contributed by atoms with van der Waals surface area (Å²) in [5.74, 6) is -0.124. The summed E-state index contributed by atoms with van der Waals surface area (Å²) in [7, 11) is 1.28. The minimum atomic E-state index is -1.15. The van der Waals surface area contributed by atoms with Crippen LogP contribution in [0.5, 0.6) is 11.5 Å². The van der Waals surface area contributed by atoms with E-state index in [4.69, 9.17) is 14.2 Å². The largest absolute Gasteiger partial charge is 0.490 e. The molecule has 0 spiro atoms. The number of halogens is 1. The van der Waals surface area contributed by atoms with E-state index in [1.807, 2.05) is 38.1 Å². The minimum absolute atomic E-state index is 0.154. The third-order valence-corrected chi connectivity index (χ3v) is 7.62. The number of fused-ring (bicyclic) bond motifs is 1. The molecule has 2 atom stereocenters. The van der Waals surface area contributed by atoms with Gasteiger partial charge in [0.15, 0.2) is 17.7 Å². The Morgan fingerprint density at radius 2 is 1.87 bits per heavy atom. The van der Waals surface area contributed by atoms with Crippen molar-refractivity contribution in [2.24, 2.45) is 5.10 Å². The van der Waals surface area contributed by atoms with Gasteiger partial charge in [-0.3, -0.25) is 5.43 Å². The number of urea groups is 1. The molecule has 1 aliphatic heterocycles. The van der Waals surface area contributed by atoms with Crippen molar-refractivity contribution in [2.75, 3.05) is 20.3 Å². The lowest BCUT2D eigenvalue weighted by Crippen LogP contribution is -2.45. The molecule has 46 heavy (non-hydrogen) atoms. The van der Waals surface area contributed by atoms with Crippen molar-refractivity contribution in [2.45, 2.75) is 39.6 Å². The maximum atomic E-state index is 13.4. The number of allylic oxidation sites excluding steroid dienone is 1. The smallest absolute Gasteiger partial charge is 0.337 e. The van der Waals surface area contributed by atoms with Crippen molar-refractivity contribution < 1.29 is 33.3 Å². The number of aromatic nitrogens is 1. The van der Waals surface area contributed by atoms with E-state index in [1.54, 1.807) is 43.5 Å². The Balaban J connectivity index is 1.28. The number of carbonyl (C=O) groups is 2. The van der Waals surface area contributed by atoms with Gasteiger partial charge in [0.2, 0.25) is 0 Å². The van der Waals surface area contributed by atoms with Crippen LogP contribution in [0.1, 0.15) is 42.3 Å². The van der Waals surface area contributed by atoms with E-state index in [2.05, 4.69) is 25.7 Å². The number of esters is 1. The molecule has 2 amide bonds. The van der Waals surface area contributed by atoms with Gasteiger partial charge in [-0.1, -0.05) is 36.4 Å². The fourth-order valence-corrected chi connectivity index (χ4v) is 5.41. The van der Waals surface area contributed by atoms with Crippen LogP contribution >= 0.6 is 0 Å². The number of nitrogens with zero attached hydrogens (tertiary/aromatic N) is 2. The third-order valence-electron chi connectivity index (χ3n) is 7.62. The van der Waals surface area contributed by atoms with Crippen molar-refractivity contribution in [3.63, 3.8) is 0 Å². The van der Waals surface area contributed by atoms with Crippen LogP contribution < -0.4 is 25.5 Å². The first kappa shape index (κ1) is 32.0. The molecule has 4 aromatic rings. The first-order valence-electron chi connectivity index (χ1n) is 14.7. The summed E-state index contributed by atoms with van der Waals surface area (Å²) < 4.78 is 32.1. The number of aliphatic hydroxyl groups excluding tert-OH is 1. The summed E-state index contributed by atoms with van der Waals surface area (Å²) in [5, 5.41) is 21.2. The zero-order chi connectivity index (χ0) is 32.8. The maximum Gasteiger partial charge on any atom is 0.337 e. The van der Waals surface area contributed by atoms with E-state index in [1.165, 1.54) is 19.2 Å². The number of amides is 2. The highest BCUT2D eigenvalue weighted by Gasteiger charge is 2.32. The number of hydrogen-bond acceptors (Lipinski definition) is 8. The van der Waals surface area contributed by atoms with Crippen LogP contribution in [0.15, 0.2) is 83.1 Å². The summed E-state index contributed by atoms with van der Waals surface area (Å²) in [6.45, 7) is 6.17.